The first-order valence-corrected chi connectivity index (χ1v) is 9.83. The number of hydrogen-bond acceptors (Lipinski definition) is 2. The zero-order chi connectivity index (χ0) is 19.7. The number of carbonyl (C=O) groups excluding carboxylic acids is 2. The van der Waals surface area contributed by atoms with Crippen molar-refractivity contribution in [2.24, 2.45) is 23.7 Å². The molecule has 3 rings (SSSR count). The van der Waals surface area contributed by atoms with E-state index in [2.05, 4.69) is 10.6 Å². The van der Waals surface area contributed by atoms with E-state index in [1.807, 2.05) is 6.92 Å². The third kappa shape index (κ3) is 4.14. The lowest BCUT2D eigenvalue weighted by Gasteiger charge is -2.31. The molecular formula is C21H28F2N2O2. The van der Waals surface area contributed by atoms with Gasteiger partial charge in [-0.3, -0.25) is 9.59 Å². The Balaban J connectivity index is 1.66. The van der Waals surface area contributed by atoms with Gasteiger partial charge in [-0.25, -0.2) is 8.78 Å². The minimum Gasteiger partial charge on any atom is -0.352 e. The molecule has 2 saturated carbocycles. The van der Waals surface area contributed by atoms with Gasteiger partial charge >= 0.3 is 0 Å². The smallest absolute Gasteiger partial charge is 0.257 e. The summed E-state index contributed by atoms with van der Waals surface area (Å²) in [6, 6.07) is 2.43. The zero-order valence-corrected chi connectivity index (χ0v) is 16.1. The van der Waals surface area contributed by atoms with Crippen molar-refractivity contribution in [1.29, 1.82) is 0 Å². The molecule has 5 atom stereocenters. The molecule has 6 heteroatoms. The molecule has 2 aliphatic rings. The van der Waals surface area contributed by atoms with Crippen LogP contribution in [-0.2, 0) is 4.79 Å². The molecule has 0 aliphatic heterocycles. The average molecular weight is 378 g/mol. The van der Waals surface area contributed by atoms with Crippen molar-refractivity contribution in [3.8, 4) is 0 Å². The van der Waals surface area contributed by atoms with Crippen molar-refractivity contribution >= 4 is 11.8 Å². The standard InChI is InChI=1S/C21H28F2N2O2/c1-11(2)19(25-20(26)18-16(22)5-4-6-17(18)23)21(27)24-12(3)15-10-13-7-8-14(15)9-13/h4-6,11-15,19H,7-10H2,1-3H3,(H,24,27)(H,25,26)/t12-,13+,14+,15+,19+/m1/s1. The van der Waals surface area contributed by atoms with Crippen molar-refractivity contribution in [2.75, 3.05) is 0 Å². The molecule has 4 nitrogen and oxygen atoms in total. The zero-order valence-electron chi connectivity index (χ0n) is 16.1. The first-order chi connectivity index (χ1) is 12.8. The lowest BCUT2D eigenvalue weighted by Crippen LogP contribution is -2.53. The van der Waals surface area contributed by atoms with Crippen molar-refractivity contribution in [3.63, 3.8) is 0 Å². The summed E-state index contributed by atoms with van der Waals surface area (Å²) < 4.78 is 27.7. The number of fused-ring (bicyclic) bond motifs is 2. The fourth-order valence-electron chi connectivity index (χ4n) is 4.79. The van der Waals surface area contributed by atoms with E-state index in [4.69, 9.17) is 0 Å². The van der Waals surface area contributed by atoms with Gasteiger partial charge in [0.25, 0.3) is 5.91 Å². The summed E-state index contributed by atoms with van der Waals surface area (Å²) in [7, 11) is 0. The molecular weight excluding hydrogens is 350 g/mol. The van der Waals surface area contributed by atoms with Gasteiger partial charge in [-0.2, -0.15) is 0 Å². The Bertz CT molecular complexity index is 702. The van der Waals surface area contributed by atoms with Crippen LogP contribution in [0.4, 0.5) is 8.78 Å². The molecule has 0 heterocycles. The fraction of sp³-hybridized carbons (Fsp3) is 0.619. The van der Waals surface area contributed by atoms with Crippen LogP contribution in [0.15, 0.2) is 18.2 Å². The van der Waals surface area contributed by atoms with Gasteiger partial charge in [-0.1, -0.05) is 26.3 Å². The Labute approximate surface area is 159 Å². The summed E-state index contributed by atoms with van der Waals surface area (Å²) in [5, 5.41) is 5.55. The number of carbonyl (C=O) groups is 2. The van der Waals surface area contributed by atoms with Gasteiger partial charge in [0.2, 0.25) is 5.91 Å². The van der Waals surface area contributed by atoms with Crippen LogP contribution in [0, 0.1) is 35.3 Å². The normalized spacial score (nSPS) is 26.1. The van der Waals surface area contributed by atoms with Crippen molar-refractivity contribution in [1.82, 2.24) is 10.6 Å². The third-order valence-corrected chi connectivity index (χ3v) is 6.23. The topological polar surface area (TPSA) is 58.2 Å². The SMILES string of the molecule is CC(C)[C@H](NC(=O)c1c(F)cccc1F)C(=O)N[C@H](C)[C@@H]1C[C@H]2CC[C@H]1C2. The predicted octanol–water partition coefficient (Wildman–Crippen LogP) is 3.66. The van der Waals surface area contributed by atoms with Gasteiger partial charge < -0.3 is 10.6 Å². The summed E-state index contributed by atoms with van der Waals surface area (Å²) in [5.74, 6) is -1.38. The second-order valence-corrected chi connectivity index (χ2v) is 8.43. The summed E-state index contributed by atoms with van der Waals surface area (Å²) in [4.78, 5) is 25.2. The molecule has 1 aromatic carbocycles. The van der Waals surface area contributed by atoms with Crippen LogP contribution in [0.5, 0.6) is 0 Å². The molecule has 2 bridgehead atoms. The highest BCUT2D eigenvalue weighted by molar-refractivity contribution is 5.98. The first kappa shape index (κ1) is 19.8. The summed E-state index contributed by atoms with van der Waals surface area (Å²) in [5.41, 5.74) is -0.655. The average Bonchev–Trinajstić information content (AvgIpc) is 3.22. The molecule has 0 unspecified atom stereocenters. The molecule has 0 spiro atoms. The lowest BCUT2D eigenvalue weighted by molar-refractivity contribution is -0.125. The summed E-state index contributed by atoms with van der Waals surface area (Å²) >= 11 is 0. The quantitative estimate of drug-likeness (QED) is 0.794. The number of nitrogens with one attached hydrogen (secondary N) is 2. The molecule has 1 aromatic rings. The Kier molecular flexibility index (Phi) is 5.82. The van der Waals surface area contributed by atoms with E-state index in [1.165, 1.54) is 25.3 Å². The third-order valence-electron chi connectivity index (χ3n) is 6.23. The second-order valence-electron chi connectivity index (χ2n) is 8.43. The van der Waals surface area contributed by atoms with Gasteiger partial charge in [-0.15, -0.1) is 0 Å². The van der Waals surface area contributed by atoms with E-state index in [9.17, 15) is 18.4 Å². The highest BCUT2D eigenvalue weighted by Crippen LogP contribution is 2.49. The first-order valence-electron chi connectivity index (χ1n) is 9.83. The Morgan fingerprint density at radius 1 is 1.04 bits per heavy atom. The molecule has 2 fully saturated rings. The van der Waals surface area contributed by atoms with E-state index in [-0.39, 0.29) is 17.9 Å². The molecule has 0 aromatic heterocycles. The molecule has 148 valence electrons. The largest absolute Gasteiger partial charge is 0.352 e. The van der Waals surface area contributed by atoms with Crippen LogP contribution in [0.1, 0.15) is 56.8 Å². The summed E-state index contributed by atoms with van der Waals surface area (Å²) in [6.45, 7) is 5.61. The number of rotatable bonds is 6. The van der Waals surface area contributed by atoms with Crippen LogP contribution in [0.25, 0.3) is 0 Å². The molecule has 2 amide bonds. The van der Waals surface area contributed by atoms with Crippen molar-refractivity contribution in [3.05, 3.63) is 35.4 Å². The Morgan fingerprint density at radius 3 is 2.22 bits per heavy atom. The number of benzene rings is 1. The molecule has 2 N–H and O–H groups in total. The monoisotopic (exact) mass is 378 g/mol. The molecule has 0 radical (unpaired) electrons. The molecule has 2 aliphatic carbocycles. The lowest BCUT2D eigenvalue weighted by atomic mass is 9.84. The maximum absolute atomic E-state index is 13.9. The van der Waals surface area contributed by atoms with Crippen LogP contribution < -0.4 is 10.6 Å². The van der Waals surface area contributed by atoms with E-state index in [0.717, 1.165) is 24.5 Å². The maximum atomic E-state index is 13.9. The van der Waals surface area contributed by atoms with Gasteiger partial charge in [0.05, 0.1) is 0 Å². The van der Waals surface area contributed by atoms with Crippen LogP contribution in [0.3, 0.4) is 0 Å². The van der Waals surface area contributed by atoms with Gasteiger partial charge in [0, 0.05) is 6.04 Å². The highest BCUT2D eigenvalue weighted by Gasteiger charge is 2.42. The van der Waals surface area contributed by atoms with Gasteiger partial charge in [0.1, 0.15) is 23.2 Å². The Morgan fingerprint density at radius 2 is 1.70 bits per heavy atom. The van der Waals surface area contributed by atoms with Crippen LogP contribution in [-0.4, -0.2) is 23.9 Å². The fourth-order valence-corrected chi connectivity index (χ4v) is 4.79. The highest BCUT2D eigenvalue weighted by atomic mass is 19.1. The van der Waals surface area contributed by atoms with Crippen LogP contribution in [0.2, 0.25) is 0 Å². The predicted molar refractivity (Wildman–Crippen MR) is 99.0 cm³/mol. The maximum Gasteiger partial charge on any atom is 0.257 e. The van der Waals surface area contributed by atoms with Crippen molar-refractivity contribution < 1.29 is 18.4 Å². The van der Waals surface area contributed by atoms with Crippen LogP contribution >= 0.6 is 0 Å². The Hall–Kier alpha value is -1.98. The molecule has 27 heavy (non-hydrogen) atoms. The number of halogens is 2. The van der Waals surface area contributed by atoms with Crippen molar-refractivity contribution in [2.45, 2.75) is 58.5 Å². The number of hydrogen-bond donors (Lipinski definition) is 2. The molecule has 0 saturated heterocycles. The van der Waals surface area contributed by atoms with Gasteiger partial charge in [0.15, 0.2) is 0 Å². The van der Waals surface area contributed by atoms with E-state index in [0.29, 0.717) is 11.8 Å². The van der Waals surface area contributed by atoms with E-state index in [1.54, 1.807) is 13.8 Å². The minimum absolute atomic E-state index is 0.0242. The second kappa shape index (κ2) is 7.95. The number of amides is 2. The minimum atomic E-state index is -0.939. The van der Waals surface area contributed by atoms with Gasteiger partial charge in [-0.05, 0) is 62.0 Å². The summed E-state index contributed by atoms with van der Waals surface area (Å²) in [6.07, 6.45) is 4.92. The van der Waals surface area contributed by atoms with E-state index >= 15 is 0 Å². The van der Waals surface area contributed by atoms with E-state index < -0.39 is 29.1 Å².